The Hall–Kier alpha value is -3.61. The molecule has 1 aromatic carbocycles. The number of hydrogen-bond donors (Lipinski definition) is 2. The van der Waals surface area contributed by atoms with Crippen molar-refractivity contribution in [2.24, 2.45) is 5.10 Å². The quantitative estimate of drug-likeness (QED) is 0.545. The third-order valence-electron chi connectivity index (χ3n) is 3.96. The van der Waals surface area contributed by atoms with E-state index in [1.54, 1.807) is 42.6 Å². The van der Waals surface area contributed by atoms with Crippen LogP contribution in [0.1, 0.15) is 37.9 Å². The van der Waals surface area contributed by atoms with Crippen molar-refractivity contribution in [2.45, 2.75) is 13.8 Å². The lowest BCUT2D eigenvalue weighted by molar-refractivity contribution is 0.0696. The monoisotopic (exact) mass is 351 g/mol. The van der Waals surface area contributed by atoms with Crippen LogP contribution < -0.4 is 5.43 Å². The molecule has 0 bridgehead atoms. The van der Waals surface area contributed by atoms with Crippen LogP contribution in [0.5, 0.6) is 0 Å². The minimum Gasteiger partial charge on any atom is -0.478 e. The van der Waals surface area contributed by atoms with Gasteiger partial charge < -0.3 is 14.1 Å². The Labute approximate surface area is 149 Å². The second-order valence-electron chi connectivity index (χ2n) is 5.69. The number of rotatable bonds is 5. The molecule has 0 aliphatic carbocycles. The van der Waals surface area contributed by atoms with Gasteiger partial charge in [0.2, 0.25) is 0 Å². The van der Waals surface area contributed by atoms with Gasteiger partial charge in [-0.1, -0.05) is 0 Å². The third kappa shape index (κ3) is 3.41. The van der Waals surface area contributed by atoms with E-state index in [1.807, 2.05) is 24.5 Å². The van der Waals surface area contributed by atoms with Gasteiger partial charge >= 0.3 is 11.9 Å². The molecule has 0 saturated carbocycles. The number of benzene rings is 1. The molecule has 0 radical (unpaired) electrons. The van der Waals surface area contributed by atoms with E-state index in [0.29, 0.717) is 0 Å². The lowest BCUT2D eigenvalue weighted by atomic mass is 10.2. The second-order valence-corrected chi connectivity index (χ2v) is 5.69. The molecule has 0 unspecified atom stereocenters. The average Bonchev–Trinajstić information content (AvgIpc) is 3.24. The maximum absolute atomic E-state index is 11.8. The zero-order valence-corrected chi connectivity index (χ0v) is 14.3. The molecule has 3 aromatic rings. The molecule has 3 rings (SSSR count). The van der Waals surface area contributed by atoms with Gasteiger partial charge in [0.05, 0.1) is 18.0 Å². The van der Waals surface area contributed by atoms with Crippen LogP contribution in [0.25, 0.3) is 5.69 Å². The minimum absolute atomic E-state index is 0.186. The van der Waals surface area contributed by atoms with Gasteiger partial charge in [-0.2, -0.15) is 5.10 Å². The Bertz CT molecular complexity index is 967. The van der Waals surface area contributed by atoms with Crippen molar-refractivity contribution in [1.82, 2.24) is 9.99 Å². The molecule has 0 atom stereocenters. The van der Waals surface area contributed by atoms with Gasteiger partial charge in [0, 0.05) is 22.6 Å². The predicted molar refractivity (Wildman–Crippen MR) is 96.0 cm³/mol. The molecule has 0 fully saturated rings. The van der Waals surface area contributed by atoms with Gasteiger partial charge in [-0.15, -0.1) is 0 Å². The van der Waals surface area contributed by atoms with Crippen LogP contribution in [0.2, 0.25) is 0 Å². The minimum atomic E-state index is -0.961. The summed E-state index contributed by atoms with van der Waals surface area (Å²) < 4.78 is 6.98. The van der Waals surface area contributed by atoms with E-state index in [1.165, 1.54) is 6.26 Å². The zero-order chi connectivity index (χ0) is 18.7. The van der Waals surface area contributed by atoms with Crippen molar-refractivity contribution in [3.05, 3.63) is 77.0 Å². The van der Waals surface area contributed by atoms with Crippen LogP contribution in [0.15, 0.2) is 58.2 Å². The summed E-state index contributed by atoms with van der Waals surface area (Å²) in [6.07, 6.45) is 2.98. The predicted octanol–water partition coefficient (Wildman–Crippen LogP) is 3.15. The highest BCUT2D eigenvalue weighted by molar-refractivity contribution is 5.92. The van der Waals surface area contributed by atoms with Gasteiger partial charge in [-0.25, -0.2) is 10.2 Å². The summed E-state index contributed by atoms with van der Waals surface area (Å²) in [5.74, 6) is -1.20. The molecule has 0 spiro atoms. The first kappa shape index (κ1) is 17.2. The number of aromatic nitrogens is 1. The fourth-order valence-corrected chi connectivity index (χ4v) is 2.69. The molecule has 132 valence electrons. The van der Waals surface area contributed by atoms with E-state index in [9.17, 15) is 9.59 Å². The van der Waals surface area contributed by atoms with Crippen LogP contribution in [-0.2, 0) is 0 Å². The summed E-state index contributed by atoms with van der Waals surface area (Å²) in [4.78, 5) is 22.8. The summed E-state index contributed by atoms with van der Waals surface area (Å²) in [6, 6.07) is 11.7. The van der Waals surface area contributed by atoms with Gasteiger partial charge in [-0.3, -0.25) is 4.79 Å². The number of nitrogens with one attached hydrogen (secondary N) is 1. The fraction of sp³-hybridized carbons (Fsp3) is 0.105. The lowest BCUT2D eigenvalue weighted by Crippen LogP contribution is -2.16. The molecule has 0 aliphatic heterocycles. The van der Waals surface area contributed by atoms with E-state index in [4.69, 9.17) is 9.52 Å². The number of nitrogens with zero attached hydrogens (tertiary/aromatic N) is 2. The first-order valence-corrected chi connectivity index (χ1v) is 7.87. The van der Waals surface area contributed by atoms with Crippen molar-refractivity contribution in [1.29, 1.82) is 0 Å². The van der Waals surface area contributed by atoms with E-state index < -0.39 is 11.9 Å². The molecular formula is C19H17N3O4. The lowest BCUT2D eigenvalue weighted by Gasteiger charge is -2.09. The largest absolute Gasteiger partial charge is 0.478 e. The van der Waals surface area contributed by atoms with E-state index in [0.717, 1.165) is 22.6 Å². The van der Waals surface area contributed by atoms with Gasteiger partial charge in [0.15, 0.2) is 5.76 Å². The number of hydrogen-bond acceptors (Lipinski definition) is 4. The molecule has 1 amide bonds. The Kier molecular flexibility index (Phi) is 4.70. The number of aryl methyl sites for hydroxylation is 1. The van der Waals surface area contributed by atoms with Crippen LogP contribution in [0.3, 0.4) is 0 Å². The highest BCUT2D eigenvalue weighted by Gasteiger charge is 2.11. The highest BCUT2D eigenvalue weighted by atomic mass is 16.4. The SMILES string of the molecule is Cc1cc(/C=N\NC(=O)c2ccco2)c(C)n1-c1ccc(C(=O)O)cc1. The molecular weight excluding hydrogens is 334 g/mol. The summed E-state index contributed by atoms with van der Waals surface area (Å²) >= 11 is 0. The molecule has 26 heavy (non-hydrogen) atoms. The first-order valence-electron chi connectivity index (χ1n) is 7.87. The number of carboxylic acids is 1. The van der Waals surface area contributed by atoms with E-state index in [2.05, 4.69) is 10.5 Å². The van der Waals surface area contributed by atoms with Crippen LogP contribution in [-0.4, -0.2) is 27.8 Å². The van der Waals surface area contributed by atoms with Gasteiger partial charge in [-0.05, 0) is 56.3 Å². The van der Waals surface area contributed by atoms with Crippen molar-refractivity contribution in [3.63, 3.8) is 0 Å². The molecule has 0 saturated heterocycles. The number of aromatic carboxylic acids is 1. The Morgan fingerprint density at radius 2 is 1.92 bits per heavy atom. The summed E-state index contributed by atoms with van der Waals surface area (Å²) in [7, 11) is 0. The van der Waals surface area contributed by atoms with Crippen molar-refractivity contribution in [2.75, 3.05) is 0 Å². The average molecular weight is 351 g/mol. The third-order valence-corrected chi connectivity index (χ3v) is 3.96. The normalized spacial score (nSPS) is 11.0. The Morgan fingerprint density at radius 3 is 2.54 bits per heavy atom. The number of amides is 1. The molecule has 2 heterocycles. The van der Waals surface area contributed by atoms with Crippen molar-refractivity contribution >= 4 is 18.1 Å². The standard InChI is InChI=1S/C19H17N3O4/c1-12-10-15(11-20-21-18(23)17-4-3-9-26-17)13(2)22(12)16-7-5-14(6-8-16)19(24)25/h3-11H,1-2H3,(H,21,23)(H,24,25)/b20-11-. The maximum Gasteiger partial charge on any atom is 0.335 e. The van der Waals surface area contributed by atoms with Crippen molar-refractivity contribution < 1.29 is 19.1 Å². The van der Waals surface area contributed by atoms with Gasteiger partial charge in [0.1, 0.15) is 0 Å². The molecule has 0 aliphatic rings. The number of hydrazone groups is 1. The summed E-state index contributed by atoms with van der Waals surface area (Å²) in [6.45, 7) is 3.87. The van der Waals surface area contributed by atoms with Crippen molar-refractivity contribution in [3.8, 4) is 5.69 Å². The first-order chi connectivity index (χ1) is 12.5. The smallest absolute Gasteiger partial charge is 0.335 e. The topological polar surface area (TPSA) is 96.8 Å². The summed E-state index contributed by atoms with van der Waals surface area (Å²) in [5, 5.41) is 13.0. The van der Waals surface area contributed by atoms with Crippen LogP contribution in [0.4, 0.5) is 0 Å². The Morgan fingerprint density at radius 1 is 1.19 bits per heavy atom. The van der Waals surface area contributed by atoms with E-state index in [-0.39, 0.29) is 11.3 Å². The number of carbonyl (C=O) groups excluding carboxylic acids is 1. The van der Waals surface area contributed by atoms with E-state index >= 15 is 0 Å². The molecule has 2 aromatic heterocycles. The zero-order valence-electron chi connectivity index (χ0n) is 14.3. The second kappa shape index (κ2) is 7.10. The fourth-order valence-electron chi connectivity index (χ4n) is 2.69. The van der Waals surface area contributed by atoms with Gasteiger partial charge in [0.25, 0.3) is 0 Å². The van der Waals surface area contributed by atoms with Crippen LogP contribution >= 0.6 is 0 Å². The summed E-state index contributed by atoms with van der Waals surface area (Å²) in [5.41, 5.74) is 6.22. The molecule has 7 nitrogen and oxygen atoms in total. The highest BCUT2D eigenvalue weighted by Crippen LogP contribution is 2.20. The maximum atomic E-state index is 11.8. The molecule has 2 N–H and O–H groups in total. The van der Waals surface area contributed by atoms with Crippen LogP contribution in [0, 0.1) is 13.8 Å². The molecule has 7 heteroatoms. The number of carbonyl (C=O) groups is 2. The number of furan rings is 1. The Balaban J connectivity index is 1.80. The number of carboxylic acid groups (broad SMARTS) is 1.